The van der Waals surface area contributed by atoms with E-state index in [0.29, 0.717) is 11.4 Å². The third kappa shape index (κ3) is 4.36. The van der Waals surface area contributed by atoms with Crippen LogP contribution in [-0.4, -0.2) is 35.4 Å². The number of nitrogens with one attached hydrogen (secondary N) is 1. The van der Waals surface area contributed by atoms with Crippen LogP contribution in [0.15, 0.2) is 62.9 Å². The lowest BCUT2D eigenvalue weighted by molar-refractivity contribution is -0.116. The summed E-state index contributed by atoms with van der Waals surface area (Å²) in [5, 5.41) is 10.7. The molecule has 0 unspecified atom stereocenters. The van der Waals surface area contributed by atoms with E-state index in [1.54, 1.807) is 30.5 Å². The first-order chi connectivity index (χ1) is 15.4. The van der Waals surface area contributed by atoms with E-state index in [9.17, 15) is 14.4 Å². The summed E-state index contributed by atoms with van der Waals surface area (Å²) < 4.78 is 7.21. The van der Waals surface area contributed by atoms with Crippen molar-refractivity contribution >= 4 is 11.6 Å². The number of aromatic nitrogens is 6. The second kappa shape index (κ2) is 8.76. The van der Waals surface area contributed by atoms with Crippen molar-refractivity contribution < 1.29 is 9.32 Å². The molecule has 4 aromatic rings. The minimum absolute atomic E-state index is 0.0610. The van der Waals surface area contributed by atoms with E-state index in [1.165, 1.54) is 13.2 Å². The topological polar surface area (TPSA) is 138 Å². The summed E-state index contributed by atoms with van der Waals surface area (Å²) >= 11 is 0. The van der Waals surface area contributed by atoms with Crippen LogP contribution in [0.1, 0.15) is 17.9 Å². The fourth-order valence-corrected chi connectivity index (χ4v) is 2.90. The normalized spacial score (nSPS) is 10.8. The molecule has 1 amide bonds. The van der Waals surface area contributed by atoms with E-state index < -0.39 is 11.2 Å². The van der Waals surface area contributed by atoms with Gasteiger partial charge in [0.15, 0.2) is 5.69 Å². The quantitative estimate of drug-likeness (QED) is 0.480. The lowest BCUT2D eigenvalue weighted by atomic mass is 10.2. The first kappa shape index (κ1) is 20.8. The third-order valence-corrected chi connectivity index (χ3v) is 4.64. The summed E-state index contributed by atoms with van der Waals surface area (Å²) in [6.07, 6.45) is 3.39. The van der Waals surface area contributed by atoms with Gasteiger partial charge in [-0.1, -0.05) is 22.9 Å². The molecule has 11 nitrogen and oxygen atoms in total. The van der Waals surface area contributed by atoms with Gasteiger partial charge in [-0.2, -0.15) is 14.8 Å². The van der Waals surface area contributed by atoms with Crippen LogP contribution < -0.4 is 16.6 Å². The van der Waals surface area contributed by atoms with Crippen molar-refractivity contribution in [3.63, 3.8) is 0 Å². The number of benzene rings is 1. The molecule has 0 aliphatic heterocycles. The Morgan fingerprint density at radius 2 is 1.94 bits per heavy atom. The van der Waals surface area contributed by atoms with Crippen molar-refractivity contribution in [1.82, 2.24) is 29.5 Å². The van der Waals surface area contributed by atoms with Crippen molar-refractivity contribution in [3.8, 4) is 17.2 Å². The Kier molecular flexibility index (Phi) is 5.71. The Morgan fingerprint density at radius 3 is 2.66 bits per heavy atom. The Balaban J connectivity index is 1.56. The second-order valence-corrected chi connectivity index (χ2v) is 7.04. The zero-order chi connectivity index (χ0) is 22.7. The number of pyridine rings is 1. The van der Waals surface area contributed by atoms with Crippen molar-refractivity contribution in [2.24, 2.45) is 7.05 Å². The highest BCUT2D eigenvalue weighted by Gasteiger charge is 2.19. The van der Waals surface area contributed by atoms with Gasteiger partial charge in [0.2, 0.25) is 17.6 Å². The number of hydrogen-bond donors (Lipinski definition) is 1. The fourth-order valence-electron chi connectivity index (χ4n) is 2.90. The first-order valence-electron chi connectivity index (χ1n) is 9.72. The van der Waals surface area contributed by atoms with Crippen LogP contribution in [0.2, 0.25) is 0 Å². The van der Waals surface area contributed by atoms with E-state index in [2.05, 4.69) is 25.5 Å². The van der Waals surface area contributed by atoms with Crippen LogP contribution in [0, 0.1) is 6.92 Å². The van der Waals surface area contributed by atoms with Crippen LogP contribution >= 0.6 is 0 Å². The van der Waals surface area contributed by atoms with Gasteiger partial charge in [-0.05, 0) is 31.2 Å². The number of carbonyl (C=O) groups excluding carboxylic acids is 1. The second-order valence-electron chi connectivity index (χ2n) is 7.04. The molecule has 0 saturated heterocycles. The number of hydrogen-bond acceptors (Lipinski definition) is 8. The van der Waals surface area contributed by atoms with Gasteiger partial charge in [0.25, 0.3) is 5.56 Å². The number of anilines is 1. The maximum absolute atomic E-state index is 12.6. The van der Waals surface area contributed by atoms with Gasteiger partial charge in [0, 0.05) is 26.1 Å². The smallest absolute Gasteiger partial charge is 0.339 e. The Morgan fingerprint density at radius 1 is 1.16 bits per heavy atom. The van der Waals surface area contributed by atoms with Crippen LogP contribution in [0.4, 0.5) is 5.69 Å². The standard InChI is InChI=1S/C21H19N7O4/c1-13-5-7-15(8-6-13)28-21(31)27(2)20(30)18(25-28)19-24-17(32-26-19)10-9-16(29)23-14-4-3-11-22-12-14/h3-8,11-12H,9-10H2,1-2H3,(H,23,29). The van der Waals surface area contributed by atoms with Gasteiger partial charge in [-0.3, -0.25) is 19.1 Å². The molecule has 3 heterocycles. The molecule has 0 radical (unpaired) electrons. The molecule has 0 aliphatic carbocycles. The minimum atomic E-state index is -0.653. The number of nitrogens with zero attached hydrogens (tertiary/aromatic N) is 6. The maximum Gasteiger partial charge on any atom is 0.351 e. The van der Waals surface area contributed by atoms with Crippen molar-refractivity contribution in [2.75, 3.05) is 5.32 Å². The molecule has 0 saturated carbocycles. The van der Waals surface area contributed by atoms with Gasteiger partial charge in [-0.25, -0.2) is 4.79 Å². The molecule has 162 valence electrons. The summed E-state index contributed by atoms with van der Waals surface area (Å²) in [7, 11) is 1.35. The predicted molar refractivity (Wildman–Crippen MR) is 114 cm³/mol. The van der Waals surface area contributed by atoms with E-state index in [4.69, 9.17) is 4.52 Å². The summed E-state index contributed by atoms with van der Waals surface area (Å²) in [5.74, 6) is -0.146. The van der Waals surface area contributed by atoms with Gasteiger partial charge < -0.3 is 9.84 Å². The minimum Gasteiger partial charge on any atom is -0.339 e. The van der Waals surface area contributed by atoms with E-state index in [-0.39, 0.29) is 36.2 Å². The number of rotatable bonds is 6. The molecule has 3 aromatic heterocycles. The highest BCUT2D eigenvalue weighted by molar-refractivity contribution is 5.90. The predicted octanol–water partition coefficient (Wildman–Crippen LogP) is 1.26. The summed E-state index contributed by atoms with van der Waals surface area (Å²) in [4.78, 5) is 45.3. The number of amides is 1. The fraction of sp³-hybridized carbons (Fsp3) is 0.190. The lowest BCUT2D eigenvalue weighted by Crippen LogP contribution is -2.40. The largest absolute Gasteiger partial charge is 0.351 e. The maximum atomic E-state index is 12.6. The molecule has 0 spiro atoms. The van der Waals surface area contributed by atoms with Gasteiger partial charge in [0.1, 0.15) is 0 Å². The van der Waals surface area contributed by atoms with Gasteiger partial charge in [-0.15, -0.1) is 0 Å². The van der Waals surface area contributed by atoms with E-state index in [1.807, 2.05) is 19.1 Å². The van der Waals surface area contributed by atoms with E-state index >= 15 is 0 Å². The van der Waals surface area contributed by atoms with Crippen molar-refractivity contribution in [3.05, 3.63) is 81.1 Å². The lowest BCUT2D eigenvalue weighted by Gasteiger charge is -2.08. The number of carbonyl (C=O) groups is 1. The van der Waals surface area contributed by atoms with Crippen LogP contribution in [0.5, 0.6) is 0 Å². The molecular weight excluding hydrogens is 414 g/mol. The average Bonchev–Trinajstić information content (AvgIpc) is 3.27. The average molecular weight is 433 g/mol. The molecule has 0 atom stereocenters. The zero-order valence-corrected chi connectivity index (χ0v) is 17.3. The summed E-state index contributed by atoms with van der Waals surface area (Å²) in [5.41, 5.74) is 0.700. The molecule has 32 heavy (non-hydrogen) atoms. The Labute approximate surface area is 181 Å². The molecule has 0 bridgehead atoms. The van der Waals surface area contributed by atoms with E-state index in [0.717, 1.165) is 14.8 Å². The monoisotopic (exact) mass is 433 g/mol. The van der Waals surface area contributed by atoms with Gasteiger partial charge >= 0.3 is 5.69 Å². The highest BCUT2D eigenvalue weighted by Crippen LogP contribution is 2.12. The molecule has 0 fully saturated rings. The number of aryl methyl sites for hydroxylation is 2. The molecule has 1 aromatic carbocycles. The van der Waals surface area contributed by atoms with Crippen molar-refractivity contribution in [2.45, 2.75) is 19.8 Å². The Hall–Kier alpha value is -4.41. The summed E-state index contributed by atoms with van der Waals surface area (Å²) in [6.45, 7) is 1.92. The Bertz CT molecular complexity index is 1370. The molecule has 4 rings (SSSR count). The van der Waals surface area contributed by atoms with Gasteiger partial charge in [0.05, 0.1) is 17.6 Å². The molecule has 1 N–H and O–H groups in total. The van der Waals surface area contributed by atoms with Crippen LogP contribution in [-0.2, 0) is 18.3 Å². The first-order valence-corrected chi connectivity index (χ1v) is 9.72. The highest BCUT2D eigenvalue weighted by atomic mass is 16.5. The van der Waals surface area contributed by atoms with Crippen molar-refractivity contribution in [1.29, 1.82) is 0 Å². The van der Waals surface area contributed by atoms with Crippen LogP contribution in [0.3, 0.4) is 0 Å². The third-order valence-electron chi connectivity index (χ3n) is 4.64. The SMILES string of the molecule is Cc1ccc(-n2nc(-c3noc(CCC(=O)Nc4cccnc4)n3)c(=O)n(C)c2=O)cc1. The summed E-state index contributed by atoms with van der Waals surface area (Å²) in [6, 6.07) is 10.5. The zero-order valence-electron chi connectivity index (χ0n) is 17.3. The van der Waals surface area contributed by atoms with Crippen LogP contribution in [0.25, 0.3) is 17.2 Å². The molecule has 0 aliphatic rings. The molecular formula is C21H19N7O4. The molecule has 11 heteroatoms.